The molecule has 2 rings (SSSR count). The summed E-state index contributed by atoms with van der Waals surface area (Å²) in [6.07, 6.45) is 1.97. The number of hydrogen-bond acceptors (Lipinski definition) is 6. The largest absolute Gasteiger partial charge is 0.511 e. The van der Waals surface area contributed by atoms with E-state index in [1.807, 2.05) is 27.7 Å². The van der Waals surface area contributed by atoms with Crippen LogP contribution in [0.2, 0.25) is 0 Å². The van der Waals surface area contributed by atoms with Gasteiger partial charge in [0, 0.05) is 12.3 Å². The molecule has 1 aromatic rings. The molecule has 0 saturated heterocycles. The van der Waals surface area contributed by atoms with Crippen LogP contribution in [0, 0.1) is 5.92 Å². The molecule has 0 spiro atoms. The molecule has 3 N–H and O–H groups in total. The molecule has 1 aliphatic rings. The van der Waals surface area contributed by atoms with Gasteiger partial charge in [-0.2, -0.15) is 0 Å². The van der Waals surface area contributed by atoms with Crippen LogP contribution in [0.25, 0.3) is 0 Å². The Hall–Kier alpha value is -1.34. The van der Waals surface area contributed by atoms with Crippen LogP contribution in [0.1, 0.15) is 65.8 Å². The van der Waals surface area contributed by atoms with E-state index in [1.54, 1.807) is 0 Å². The number of aliphatic hydroxyl groups excluding tert-OH is 2. The first-order chi connectivity index (χ1) is 13.2. The zero-order valence-electron chi connectivity index (χ0n) is 17.0. The summed E-state index contributed by atoms with van der Waals surface area (Å²) in [5.41, 5.74) is -1.84. The van der Waals surface area contributed by atoms with Gasteiger partial charge in [0.2, 0.25) is 0 Å². The number of rotatable bonds is 9. The van der Waals surface area contributed by atoms with Gasteiger partial charge < -0.3 is 10.2 Å². The third-order valence-electron chi connectivity index (χ3n) is 6.14. The maximum atomic E-state index is 12.5. The van der Waals surface area contributed by atoms with Gasteiger partial charge in [-0.05, 0) is 49.5 Å². The fraction of sp³-hybridized carbons (Fsp3) is 0.789. The summed E-state index contributed by atoms with van der Waals surface area (Å²) in [6.45, 7) is 7.78. The zero-order valence-corrected chi connectivity index (χ0v) is 17.9. The molecule has 6 atom stereocenters. The van der Waals surface area contributed by atoms with E-state index in [2.05, 4.69) is 4.98 Å². The number of aromatic amines is 1. The summed E-state index contributed by atoms with van der Waals surface area (Å²) >= 11 is 0. The summed E-state index contributed by atoms with van der Waals surface area (Å²) in [5, 5.41) is 21.1. The van der Waals surface area contributed by atoms with Crippen molar-refractivity contribution < 1.29 is 19.3 Å². The Balaban J connectivity index is 2.22. The number of nitrogens with zero attached hydrogens (tertiary/aromatic N) is 1. The van der Waals surface area contributed by atoms with Crippen LogP contribution in [0.3, 0.4) is 0 Å². The normalized spacial score (nSPS) is 27.0. The van der Waals surface area contributed by atoms with E-state index in [4.69, 9.17) is 4.52 Å². The van der Waals surface area contributed by atoms with Gasteiger partial charge in [-0.25, -0.2) is 4.79 Å². The van der Waals surface area contributed by atoms with Crippen LogP contribution >= 0.6 is 8.03 Å². The van der Waals surface area contributed by atoms with Gasteiger partial charge in [0.05, 0.1) is 12.1 Å². The number of aliphatic hydroxyl groups is 2. The molecule has 0 amide bonds. The molecule has 9 heteroatoms. The highest BCUT2D eigenvalue weighted by Crippen LogP contribution is 2.46. The second kappa shape index (κ2) is 9.44. The molecule has 158 valence electrons. The van der Waals surface area contributed by atoms with Crippen LogP contribution in [0.5, 0.6) is 0 Å². The van der Waals surface area contributed by atoms with Gasteiger partial charge in [-0.1, -0.05) is 20.8 Å². The minimum atomic E-state index is -1.84. The molecule has 0 aliphatic heterocycles. The first kappa shape index (κ1) is 22.9. The number of H-pyrrole nitrogens is 1. The molecule has 28 heavy (non-hydrogen) atoms. The molecule has 1 heterocycles. The van der Waals surface area contributed by atoms with Crippen molar-refractivity contribution in [3.05, 3.63) is 33.1 Å². The lowest BCUT2D eigenvalue weighted by Gasteiger charge is -2.30. The van der Waals surface area contributed by atoms with Gasteiger partial charge in [0.15, 0.2) is 5.66 Å². The smallest absolute Gasteiger partial charge is 0.390 e. The van der Waals surface area contributed by atoms with E-state index in [9.17, 15) is 24.4 Å². The maximum absolute atomic E-state index is 12.5. The molecule has 0 bridgehead atoms. The summed E-state index contributed by atoms with van der Waals surface area (Å²) in [7, 11) is -1.84. The highest BCUT2D eigenvalue weighted by Gasteiger charge is 2.48. The fourth-order valence-electron chi connectivity index (χ4n) is 3.88. The predicted octanol–water partition coefficient (Wildman–Crippen LogP) is 2.33. The van der Waals surface area contributed by atoms with Crippen LogP contribution in [0.15, 0.2) is 21.9 Å². The summed E-state index contributed by atoms with van der Waals surface area (Å²) in [4.78, 5) is 25.6. The van der Waals surface area contributed by atoms with Crippen LogP contribution in [-0.4, -0.2) is 43.2 Å². The number of nitrogens with one attached hydrogen (secondary N) is 1. The van der Waals surface area contributed by atoms with E-state index < -0.39 is 43.1 Å². The van der Waals surface area contributed by atoms with Crippen molar-refractivity contribution in [3.63, 3.8) is 0 Å². The van der Waals surface area contributed by atoms with E-state index in [0.29, 0.717) is 25.7 Å². The first-order valence-corrected chi connectivity index (χ1v) is 11.3. The topological polar surface area (TPSA) is 122 Å². The Morgan fingerprint density at radius 1 is 1.29 bits per heavy atom. The summed E-state index contributed by atoms with van der Waals surface area (Å²) in [5.74, 6) is -0.320. The van der Waals surface area contributed by atoms with Crippen molar-refractivity contribution in [2.75, 3.05) is 0 Å². The third-order valence-corrected chi connectivity index (χ3v) is 7.79. The second-order valence-electron chi connectivity index (χ2n) is 7.79. The fourth-order valence-corrected chi connectivity index (χ4v) is 5.07. The molecular formula is C19H32N2O6P+. The van der Waals surface area contributed by atoms with Crippen molar-refractivity contribution in [1.29, 1.82) is 0 Å². The van der Waals surface area contributed by atoms with Crippen LogP contribution < -0.4 is 11.2 Å². The standard InChI is InChI=1S/C19H31N2O6P/c1-5-12(4)28(26)27-19(6-2,7-3)11-13-10-14(17(24)16(13)23)21-9-8-15(22)20-18(21)25/h8-9,12-14,16-17,23-24H,5-7,10-11H2,1-4H3/p+1/t12?,13-,14+,16-,17+/m1/s1. The van der Waals surface area contributed by atoms with E-state index >= 15 is 0 Å². The Labute approximate surface area is 165 Å². The van der Waals surface area contributed by atoms with Gasteiger partial charge >= 0.3 is 13.7 Å². The molecule has 0 aromatic carbocycles. The van der Waals surface area contributed by atoms with E-state index in [-0.39, 0.29) is 11.6 Å². The highest BCUT2D eigenvalue weighted by molar-refractivity contribution is 7.40. The molecule has 1 fully saturated rings. The SMILES string of the molecule is CCC(C)[P+](=O)OC(CC)(CC)C[C@H]1C[C@H](n2ccc(=O)[nH]c2=O)[C@H](O)[C@@H]1O. The molecule has 8 nitrogen and oxygen atoms in total. The van der Waals surface area contributed by atoms with Crippen molar-refractivity contribution in [2.45, 2.75) is 89.3 Å². The number of hydrogen-bond donors (Lipinski definition) is 3. The molecule has 1 aliphatic carbocycles. The lowest BCUT2D eigenvalue weighted by Crippen LogP contribution is -2.38. The van der Waals surface area contributed by atoms with Crippen molar-refractivity contribution in [1.82, 2.24) is 9.55 Å². The number of aromatic nitrogens is 2. The Morgan fingerprint density at radius 3 is 2.46 bits per heavy atom. The maximum Gasteiger partial charge on any atom is 0.511 e. The minimum absolute atomic E-state index is 0.0564. The molecule has 1 saturated carbocycles. The van der Waals surface area contributed by atoms with Crippen molar-refractivity contribution >= 4 is 8.03 Å². The molecular weight excluding hydrogens is 383 g/mol. The third kappa shape index (κ3) is 4.79. The predicted molar refractivity (Wildman–Crippen MR) is 107 cm³/mol. The average Bonchev–Trinajstić information content (AvgIpc) is 2.94. The zero-order chi connectivity index (χ0) is 21.1. The van der Waals surface area contributed by atoms with Crippen molar-refractivity contribution in [3.8, 4) is 0 Å². The van der Waals surface area contributed by atoms with Gasteiger partial charge in [0.25, 0.3) is 5.56 Å². The lowest BCUT2D eigenvalue weighted by molar-refractivity contribution is -0.0215. The lowest BCUT2D eigenvalue weighted by atomic mass is 9.84. The molecule has 2 unspecified atom stereocenters. The van der Waals surface area contributed by atoms with Crippen LogP contribution in [-0.2, 0) is 9.09 Å². The Morgan fingerprint density at radius 2 is 1.93 bits per heavy atom. The van der Waals surface area contributed by atoms with Crippen LogP contribution in [0.4, 0.5) is 0 Å². The Bertz CT molecular complexity index is 787. The molecule has 0 radical (unpaired) electrons. The minimum Gasteiger partial charge on any atom is -0.390 e. The second-order valence-corrected chi connectivity index (χ2v) is 9.42. The highest BCUT2D eigenvalue weighted by atomic mass is 31.1. The van der Waals surface area contributed by atoms with E-state index in [0.717, 1.165) is 6.42 Å². The quantitative estimate of drug-likeness (QED) is 0.532. The van der Waals surface area contributed by atoms with Gasteiger partial charge in [-0.15, -0.1) is 4.52 Å². The monoisotopic (exact) mass is 415 g/mol. The van der Waals surface area contributed by atoms with Gasteiger partial charge in [-0.3, -0.25) is 14.3 Å². The first-order valence-electron chi connectivity index (χ1n) is 10.0. The Kier molecular flexibility index (Phi) is 7.73. The summed E-state index contributed by atoms with van der Waals surface area (Å²) < 4.78 is 19.8. The van der Waals surface area contributed by atoms with E-state index in [1.165, 1.54) is 16.8 Å². The van der Waals surface area contributed by atoms with Crippen molar-refractivity contribution in [2.24, 2.45) is 5.92 Å². The van der Waals surface area contributed by atoms with Gasteiger partial charge in [0.1, 0.15) is 11.7 Å². The summed E-state index contributed by atoms with van der Waals surface area (Å²) in [6, 6.07) is 0.579. The molecule has 1 aromatic heterocycles. The average molecular weight is 415 g/mol.